The van der Waals surface area contributed by atoms with Crippen LogP contribution in [0.15, 0.2) is 46.9 Å². The van der Waals surface area contributed by atoms with Gasteiger partial charge in [-0.2, -0.15) is 0 Å². The molecule has 1 N–H and O–H groups in total. The second-order valence-corrected chi connectivity index (χ2v) is 9.89. The number of halogens is 1. The average molecular weight is 488 g/mol. The lowest BCUT2D eigenvalue weighted by Crippen LogP contribution is -2.34. The fourth-order valence-electron chi connectivity index (χ4n) is 3.93. The van der Waals surface area contributed by atoms with Gasteiger partial charge in [0, 0.05) is 36.0 Å². The van der Waals surface area contributed by atoms with Crippen molar-refractivity contribution in [3.63, 3.8) is 0 Å². The summed E-state index contributed by atoms with van der Waals surface area (Å²) in [4.78, 5) is 25.8. The summed E-state index contributed by atoms with van der Waals surface area (Å²) in [6.07, 6.45) is 2.28. The normalized spacial score (nSPS) is 17.3. The Morgan fingerprint density at radius 2 is 1.87 bits per heavy atom. The van der Waals surface area contributed by atoms with Crippen molar-refractivity contribution >= 4 is 27.8 Å². The third kappa shape index (κ3) is 6.33. The smallest absolute Gasteiger partial charge is 0.305 e. The second-order valence-electron chi connectivity index (χ2n) is 8.97. The van der Waals surface area contributed by atoms with Gasteiger partial charge in [0.1, 0.15) is 11.4 Å². The van der Waals surface area contributed by atoms with E-state index in [1.807, 2.05) is 24.3 Å². The molecule has 0 radical (unpaired) electrons. The number of fused-ring (bicyclic) bond motifs is 1. The van der Waals surface area contributed by atoms with E-state index < -0.39 is 5.97 Å². The predicted molar refractivity (Wildman–Crippen MR) is 125 cm³/mol. The number of carbonyl (C=O) groups excluding carboxylic acids is 1. The Kier molecular flexibility index (Phi) is 7.42. The van der Waals surface area contributed by atoms with E-state index in [9.17, 15) is 9.59 Å². The molecule has 0 aromatic heterocycles. The van der Waals surface area contributed by atoms with Crippen molar-refractivity contribution in [2.45, 2.75) is 52.1 Å². The third-order valence-corrected chi connectivity index (χ3v) is 6.11. The Labute approximate surface area is 192 Å². The highest BCUT2D eigenvalue weighted by molar-refractivity contribution is 9.10. The summed E-state index contributed by atoms with van der Waals surface area (Å²) in [5.74, 6) is 0.239. The lowest BCUT2D eigenvalue weighted by atomic mass is 9.91. The molecule has 5 nitrogen and oxygen atoms in total. The molecular weight excluding hydrogens is 458 g/mol. The number of benzene rings is 2. The van der Waals surface area contributed by atoms with E-state index in [4.69, 9.17) is 9.84 Å². The molecule has 0 bridgehead atoms. The van der Waals surface area contributed by atoms with E-state index in [1.54, 1.807) is 11.0 Å². The molecule has 31 heavy (non-hydrogen) atoms. The maximum atomic E-state index is 13.1. The topological polar surface area (TPSA) is 66.8 Å². The summed E-state index contributed by atoms with van der Waals surface area (Å²) in [6.45, 7) is 7.06. The highest BCUT2D eigenvalue weighted by Gasteiger charge is 2.35. The number of hydrogen-bond donors (Lipinski definition) is 1. The molecule has 2 aromatic carbocycles. The first kappa shape index (κ1) is 23.3. The molecule has 0 unspecified atom stereocenters. The van der Waals surface area contributed by atoms with Crippen molar-refractivity contribution in [2.75, 3.05) is 13.1 Å². The van der Waals surface area contributed by atoms with Crippen molar-refractivity contribution in [1.29, 1.82) is 0 Å². The van der Waals surface area contributed by atoms with Gasteiger partial charge in [-0.3, -0.25) is 9.59 Å². The largest absolute Gasteiger partial charge is 0.487 e. The van der Waals surface area contributed by atoms with Crippen LogP contribution in [0.3, 0.4) is 0 Å². The van der Waals surface area contributed by atoms with Crippen LogP contribution in [0, 0.1) is 5.92 Å². The van der Waals surface area contributed by atoms with E-state index in [2.05, 4.69) is 48.8 Å². The molecular formula is C25H30BrNO4. The Morgan fingerprint density at radius 1 is 1.16 bits per heavy atom. The molecule has 0 fully saturated rings. The van der Waals surface area contributed by atoms with Gasteiger partial charge in [-0.1, -0.05) is 41.9 Å². The van der Waals surface area contributed by atoms with Gasteiger partial charge < -0.3 is 14.7 Å². The molecule has 0 saturated heterocycles. The van der Waals surface area contributed by atoms with Crippen LogP contribution >= 0.6 is 15.9 Å². The first-order valence-electron chi connectivity index (χ1n) is 10.7. The minimum Gasteiger partial charge on any atom is -0.487 e. The summed E-state index contributed by atoms with van der Waals surface area (Å²) in [7, 11) is 0. The van der Waals surface area contributed by atoms with Crippen molar-refractivity contribution in [1.82, 2.24) is 4.90 Å². The maximum Gasteiger partial charge on any atom is 0.305 e. The summed E-state index contributed by atoms with van der Waals surface area (Å²) in [5.41, 5.74) is 2.44. The van der Waals surface area contributed by atoms with Crippen molar-refractivity contribution in [2.24, 2.45) is 5.92 Å². The Morgan fingerprint density at radius 3 is 2.52 bits per heavy atom. The number of aliphatic carboxylic acids is 1. The first-order valence-corrected chi connectivity index (χ1v) is 11.5. The molecule has 1 aliphatic heterocycles. The lowest BCUT2D eigenvalue weighted by molar-refractivity contribution is -0.137. The number of carbonyl (C=O) groups is 2. The zero-order valence-electron chi connectivity index (χ0n) is 18.4. The molecule has 6 heteroatoms. The first-order chi connectivity index (χ1) is 14.6. The number of carboxylic acid groups (broad SMARTS) is 1. The van der Waals surface area contributed by atoms with Crippen LogP contribution in [0.1, 0.15) is 55.1 Å². The van der Waals surface area contributed by atoms with E-state index in [0.717, 1.165) is 35.0 Å². The molecule has 0 saturated carbocycles. The van der Waals surface area contributed by atoms with Crippen molar-refractivity contribution in [3.8, 4) is 5.75 Å². The molecule has 1 amide bonds. The summed E-state index contributed by atoms with van der Waals surface area (Å²) in [6, 6.07) is 13.8. The lowest BCUT2D eigenvalue weighted by Gasteiger charge is -2.24. The van der Waals surface area contributed by atoms with Gasteiger partial charge in [0.2, 0.25) is 0 Å². The number of nitrogens with zero attached hydrogens (tertiary/aromatic N) is 1. The number of amides is 1. The summed E-state index contributed by atoms with van der Waals surface area (Å²) in [5, 5.41) is 9.06. The van der Waals surface area contributed by atoms with Crippen molar-refractivity contribution in [3.05, 3.63) is 63.6 Å². The van der Waals surface area contributed by atoms with Gasteiger partial charge in [-0.25, -0.2) is 0 Å². The molecule has 2 aromatic rings. The molecule has 0 spiro atoms. The molecule has 1 atom stereocenters. The monoisotopic (exact) mass is 487 g/mol. The van der Waals surface area contributed by atoms with Crippen molar-refractivity contribution < 1.29 is 19.4 Å². The number of hydrogen-bond acceptors (Lipinski definition) is 3. The summed E-state index contributed by atoms with van der Waals surface area (Å²) < 4.78 is 7.31. The minimum atomic E-state index is -0.895. The van der Waals surface area contributed by atoms with Gasteiger partial charge in [-0.05, 0) is 60.7 Å². The van der Waals surface area contributed by atoms with Gasteiger partial charge in [0.15, 0.2) is 0 Å². The molecule has 3 rings (SSSR count). The SMILES string of the molecule is CC(C)CCN(CCC(=O)O)C(=O)c1ccc2c(c1)C[C@@](C)(Cc1ccc(Br)cc1)O2. The Balaban J connectivity index is 1.73. The fraction of sp³-hybridized carbons (Fsp3) is 0.440. The Hall–Kier alpha value is -2.34. The van der Waals surface area contributed by atoms with Crippen LogP contribution < -0.4 is 4.74 Å². The second kappa shape index (κ2) is 9.86. The highest BCUT2D eigenvalue weighted by atomic mass is 79.9. The van der Waals surface area contributed by atoms with Crippen LogP contribution in [0.4, 0.5) is 0 Å². The van der Waals surface area contributed by atoms with E-state index in [1.165, 1.54) is 5.56 Å². The minimum absolute atomic E-state index is 0.0524. The zero-order chi connectivity index (χ0) is 22.6. The fourth-order valence-corrected chi connectivity index (χ4v) is 4.19. The van der Waals surface area contributed by atoms with Crippen LogP contribution in [-0.2, 0) is 17.6 Å². The van der Waals surface area contributed by atoms with Gasteiger partial charge >= 0.3 is 5.97 Å². The zero-order valence-corrected chi connectivity index (χ0v) is 19.9. The number of carboxylic acids is 1. The summed E-state index contributed by atoms with van der Waals surface area (Å²) >= 11 is 3.47. The van der Waals surface area contributed by atoms with E-state index >= 15 is 0 Å². The highest BCUT2D eigenvalue weighted by Crippen LogP contribution is 2.37. The van der Waals surface area contributed by atoms with Gasteiger partial charge in [-0.15, -0.1) is 0 Å². The van der Waals surface area contributed by atoms with Crippen LogP contribution in [0.5, 0.6) is 5.75 Å². The van der Waals surface area contributed by atoms with Crippen LogP contribution in [0.2, 0.25) is 0 Å². The number of ether oxygens (including phenoxy) is 1. The van der Waals surface area contributed by atoms with Crippen LogP contribution in [0.25, 0.3) is 0 Å². The predicted octanol–water partition coefficient (Wildman–Crippen LogP) is 5.35. The quantitative estimate of drug-likeness (QED) is 0.517. The third-order valence-electron chi connectivity index (χ3n) is 5.58. The van der Waals surface area contributed by atoms with Gasteiger partial charge in [0.05, 0.1) is 6.42 Å². The number of rotatable bonds is 9. The van der Waals surface area contributed by atoms with E-state index in [-0.39, 0.29) is 24.5 Å². The van der Waals surface area contributed by atoms with Crippen LogP contribution in [-0.4, -0.2) is 40.6 Å². The molecule has 0 aliphatic carbocycles. The average Bonchev–Trinajstić information content (AvgIpc) is 3.03. The standard InChI is InChI=1S/C25H30BrNO4/c1-17(2)10-12-27(13-11-23(28)29)24(30)19-6-9-22-20(14-19)16-25(3,31-22)15-18-4-7-21(26)8-5-18/h4-9,14,17H,10-13,15-16H2,1-3H3,(H,28,29)/t25-/m1/s1. The Bertz CT molecular complexity index is 941. The molecule has 1 aliphatic rings. The van der Waals surface area contributed by atoms with Gasteiger partial charge in [0.25, 0.3) is 5.91 Å². The maximum absolute atomic E-state index is 13.1. The molecule has 166 valence electrons. The molecule has 1 heterocycles. The van der Waals surface area contributed by atoms with E-state index in [0.29, 0.717) is 18.0 Å².